The zero-order valence-corrected chi connectivity index (χ0v) is 16.7. The molecule has 2 N–H and O–H groups in total. The third-order valence-corrected chi connectivity index (χ3v) is 6.65. The van der Waals surface area contributed by atoms with E-state index in [0.29, 0.717) is 22.2 Å². The van der Waals surface area contributed by atoms with Gasteiger partial charge in [0.2, 0.25) is 0 Å². The Balaban J connectivity index is 1.78. The summed E-state index contributed by atoms with van der Waals surface area (Å²) >= 11 is 6.03. The minimum atomic E-state index is -3.85. The SMILES string of the molecule is CC1CCCCC1NC(=O)c1cccc(S(=O)(=O)Nc2ccccc2Cl)c1. The van der Waals surface area contributed by atoms with Gasteiger partial charge in [-0.1, -0.05) is 49.6 Å². The first-order chi connectivity index (χ1) is 12.9. The van der Waals surface area contributed by atoms with Crippen LogP contribution in [0.2, 0.25) is 5.02 Å². The van der Waals surface area contributed by atoms with E-state index in [-0.39, 0.29) is 16.8 Å². The van der Waals surface area contributed by atoms with Crippen LogP contribution >= 0.6 is 11.6 Å². The minimum absolute atomic E-state index is 0.0202. The van der Waals surface area contributed by atoms with E-state index in [1.807, 2.05) is 0 Å². The number of para-hydroxylation sites is 1. The summed E-state index contributed by atoms with van der Waals surface area (Å²) in [6.45, 7) is 2.14. The van der Waals surface area contributed by atoms with Crippen LogP contribution in [0.4, 0.5) is 5.69 Å². The molecule has 2 atom stereocenters. The molecule has 0 radical (unpaired) electrons. The largest absolute Gasteiger partial charge is 0.349 e. The zero-order chi connectivity index (χ0) is 19.4. The van der Waals surface area contributed by atoms with Crippen molar-refractivity contribution >= 4 is 33.2 Å². The number of anilines is 1. The average Bonchev–Trinajstić information content (AvgIpc) is 2.65. The summed E-state index contributed by atoms with van der Waals surface area (Å²) in [5.74, 6) is 0.181. The summed E-state index contributed by atoms with van der Waals surface area (Å²) in [6.07, 6.45) is 4.35. The molecule has 1 saturated carbocycles. The molecule has 3 rings (SSSR count). The highest BCUT2D eigenvalue weighted by Gasteiger charge is 2.24. The Kier molecular flexibility index (Phi) is 6.07. The minimum Gasteiger partial charge on any atom is -0.349 e. The zero-order valence-electron chi connectivity index (χ0n) is 15.1. The Morgan fingerprint density at radius 1 is 1.07 bits per heavy atom. The highest BCUT2D eigenvalue weighted by atomic mass is 35.5. The van der Waals surface area contributed by atoms with Gasteiger partial charge < -0.3 is 5.32 Å². The van der Waals surface area contributed by atoms with E-state index in [9.17, 15) is 13.2 Å². The average molecular weight is 407 g/mol. The van der Waals surface area contributed by atoms with Crippen LogP contribution in [-0.2, 0) is 10.0 Å². The Labute approximate surface area is 165 Å². The number of benzene rings is 2. The maximum Gasteiger partial charge on any atom is 0.261 e. The van der Waals surface area contributed by atoms with Crippen molar-refractivity contribution in [3.05, 3.63) is 59.1 Å². The molecule has 144 valence electrons. The Morgan fingerprint density at radius 2 is 1.81 bits per heavy atom. The second kappa shape index (κ2) is 8.31. The normalized spacial score (nSPS) is 20.1. The molecule has 0 bridgehead atoms. The van der Waals surface area contributed by atoms with Gasteiger partial charge in [0.05, 0.1) is 15.6 Å². The van der Waals surface area contributed by atoms with Gasteiger partial charge in [0.25, 0.3) is 15.9 Å². The van der Waals surface area contributed by atoms with Crippen molar-refractivity contribution in [3.63, 3.8) is 0 Å². The lowest BCUT2D eigenvalue weighted by molar-refractivity contribution is 0.0910. The number of amides is 1. The van der Waals surface area contributed by atoms with E-state index >= 15 is 0 Å². The number of halogens is 1. The van der Waals surface area contributed by atoms with Crippen LogP contribution in [0.5, 0.6) is 0 Å². The topological polar surface area (TPSA) is 75.3 Å². The Morgan fingerprint density at radius 3 is 2.56 bits per heavy atom. The lowest BCUT2D eigenvalue weighted by Crippen LogP contribution is -2.41. The second-order valence-electron chi connectivity index (χ2n) is 6.95. The second-order valence-corrected chi connectivity index (χ2v) is 9.04. The molecule has 27 heavy (non-hydrogen) atoms. The van der Waals surface area contributed by atoms with Gasteiger partial charge in [0.1, 0.15) is 0 Å². The Hall–Kier alpha value is -2.05. The van der Waals surface area contributed by atoms with Gasteiger partial charge >= 0.3 is 0 Å². The van der Waals surface area contributed by atoms with Gasteiger partial charge in [-0.15, -0.1) is 0 Å². The van der Waals surface area contributed by atoms with E-state index in [2.05, 4.69) is 17.0 Å². The van der Waals surface area contributed by atoms with Crippen molar-refractivity contribution in [2.45, 2.75) is 43.5 Å². The first kappa shape index (κ1) is 19.7. The van der Waals surface area contributed by atoms with E-state index in [1.165, 1.54) is 18.6 Å². The molecule has 1 fully saturated rings. The monoisotopic (exact) mass is 406 g/mol. The summed E-state index contributed by atoms with van der Waals surface area (Å²) in [5.41, 5.74) is 0.625. The van der Waals surface area contributed by atoms with Crippen LogP contribution in [0, 0.1) is 5.92 Å². The van der Waals surface area contributed by atoms with Crippen LogP contribution < -0.4 is 10.0 Å². The number of hydrogen-bond acceptors (Lipinski definition) is 3. The highest BCUT2D eigenvalue weighted by molar-refractivity contribution is 7.92. The van der Waals surface area contributed by atoms with E-state index in [0.717, 1.165) is 19.3 Å². The van der Waals surface area contributed by atoms with Crippen molar-refractivity contribution in [2.75, 3.05) is 4.72 Å². The molecule has 1 aliphatic rings. The van der Waals surface area contributed by atoms with Crippen molar-refractivity contribution in [1.29, 1.82) is 0 Å². The molecule has 7 heteroatoms. The summed E-state index contributed by atoms with van der Waals surface area (Å²) in [6, 6.07) is 12.8. The van der Waals surface area contributed by atoms with Crippen molar-refractivity contribution in [2.24, 2.45) is 5.92 Å². The van der Waals surface area contributed by atoms with E-state index in [1.54, 1.807) is 36.4 Å². The van der Waals surface area contributed by atoms with Crippen molar-refractivity contribution in [3.8, 4) is 0 Å². The highest BCUT2D eigenvalue weighted by Crippen LogP contribution is 2.25. The summed E-state index contributed by atoms with van der Waals surface area (Å²) in [4.78, 5) is 12.6. The van der Waals surface area contributed by atoms with Crippen LogP contribution in [0.15, 0.2) is 53.4 Å². The quantitative estimate of drug-likeness (QED) is 0.770. The molecule has 0 aliphatic heterocycles. The van der Waals surface area contributed by atoms with Gasteiger partial charge in [-0.2, -0.15) is 0 Å². The number of sulfonamides is 1. The first-order valence-corrected chi connectivity index (χ1v) is 10.9. The number of carbonyl (C=O) groups is 1. The number of carbonyl (C=O) groups excluding carboxylic acids is 1. The summed E-state index contributed by atoms with van der Waals surface area (Å²) in [7, 11) is -3.85. The van der Waals surface area contributed by atoms with Gasteiger partial charge in [0, 0.05) is 11.6 Å². The molecular formula is C20H23ClN2O3S. The molecule has 2 unspecified atom stereocenters. The fourth-order valence-corrected chi connectivity index (χ4v) is 4.70. The van der Waals surface area contributed by atoms with Crippen molar-refractivity contribution < 1.29 is 13.2 Å². The van der Waals surface area contributed by atoms with Crippen molar-refractivity contribution in [1.82, 2.24) is 5.32 Å². The molecule has 1 amide bonds. The van der Waals surface area contributed by atoms with Crippen LogP contribution in [-0.4, -0.2) is 20.4 Å². The summed E-state index contributed by atoms with van der Waals surface area (Å²) < 4.78 is 27.8. The van der Waals surface area contributed by atoms with Crippen LogP contribution in [0.3, 0.4) is 0 Å². The number of rotatable bonds is 5. The van der Waals surface area contributed by atoms with E-state index in [4.69, 9.17) is 11.6 Å². The summed E-state index contributed by atoms with van der Waals surface area (Å²) in [5, 5.41) is 3.35. The molecule has 1 aliphatic carbocycles. The predicted octanol–water partition coefficient (Wildman–Crippen LogP) is 4.45. The molecule has 2 aromatic rings. The molecule has 5 nitrogen and oxygen atoms in total. The fraction of sp³-hybridized carbons (Fsp3) is 0.350. The molecule has 0 aromatic heterocycles. The van der Waals surface area contributed by atoms with Gasteiger partial charge in [-0.3, -0.25) is 9.52 Å². The standard InChI is InChI=1S/C20H23ClN2O3S/c1-14-7-2-4-11-18(14)22-20(24)15-8-6-9-16(13-15)27(25,26)23-19-12-5-3-10-17(19)21/h3,5-6,8-10,12-14,18,23H,2,4,7,11H2,1H3,(H,22,24). The van der Waals surface area contributed by atoms with Gasteiger partial charge in [0.15, 0.2) is 0 Å². The molecular weight excluding hydrogens is 384 g/mol. The first-order valence-electron chi connectivity index (χ1n) is 9.05. The third-order valence-electron chi connectivity index (χ3n) is 4.95. The lowest BCUT2D eigenvalue weighted by Gasteiger charge is -2.29. The van der Waals surface area contributed by atoms with E-state index < -0.39 is 10.0 Å². The van der Waals surface area contributed by atoms with Gasteiger partial charge in [-0.25, -0.2) is 8.42 Å². The van der Waals surface area contributed by atoms with Crippen LogP contribution in [0.1, 0.15) is 43.0 Å². The molecule has 0 spiro atoms. The Bertz CT molecular complexity index is 930. The molecule has 0 saturated heterocycles. The fourth-order valence-electron chi connectivity index (χ4n) is 3.33. The molecule has 2 aromatic carbocycles. The van der Waals surface area contributed by atoms with Gasteiger partial charge in [-0.05, 0) is 49.1 Å². The third kappa shape index (κ3) is 4.82. The smallest absolute Gasteiger partial charge is 0.261 e. The maximum atomic E-state index is 12.7. The molecule has 0 heterocycles. The number of hydrogen-bond donors (Lipinski definition) is 2. The maximum absolute atomic E-state index is 12.7. The predicted molar refractivity (Wildman–Crippen MR) is 108 cm³/mol. The van der Waals surface area contributed by atoms with Crippen LogP contribution in [0.25, 0.3) is 0 Å². The lowest BCUT2D eigenvalue weighted by atomic mass is 9.86. The number of nitrogens with one attached hydrogen (secondary N) is 2.